The second-order valence-electron chi connectivity index (χ2n) is 7.02. The molecular formula is C20H27NO3. The molecule has 1 atom stereocenters. The maximum atomic E-state index is 11.1. The molecule has 2 aromatic carbocycles. The van der Waals surface area contributed by atoms with Crippen molar-refractivity contribution < 1.29 is 14.6 Å². The van der Waals surface area contributed by atoms with Crippen LogP contribution in [0.1, 0.15) is 39.2 Å². The van der Waals surface area contributed by atoms with E-state index < -0.39 is 11.9 Å². The van der Waals surface area contributed by atoms with Crippen LogP contribution in [-0.2, 0) is 4.79 Å². The summed E-state index contributed by atoms with van der Waals surface area (Å²) in [7, 11) is 2.08. The summed E-state index contributed by atoms with van der Waals surface area (Å²) in [6, 6.07) is 11.7. The number of ether oxygens (including phenoxy) is 1. The zero-order valence-electron chi connectivity index (χ0n) is 15.2. The Balaban J connectivity index is 2.23. The molecule has 0 saturated heterocycles. The van der Waals surface area contributed by atoms with E-state index in [-0.39, 0.29) is 5.60 Å². The van der Waals surface area contributed by atoms with Crippen molar-refractivity contribution in [2.24, 2.45) is 0 Å². The summed E-state index contributed by atoms with van der Waals surface area (Å²) in [6.07, 6.45) is 0. The first-order valence-corrected chi connectivity index (χ1v) is 8.36. The van der Waals surface area contributed by atoms with Gasteiger partial charge in [-0.1, -0.05) is 31.2 Å². The molecule has 0 heterocycles. The van der Waals surface area contributed by atoms with E-state index in [1.54, 1.807) is 6.92 Å². The van der Waals surface area contributed by atoms with Crippen molar-refractivity contribution in [1.29, 1.82) is 0 Å². The summed E-state index contributed by atoms with van der Waals surface area (Å²) in [4.78, 5) is 13.4. The van der Waals surface area contributed by atoms with Crippen molar-refractivity contribution in [3.63, 3.8) is 0 Å². The highest BCUT2D eigenvalue weighted by Crippen LogP contribution is 2.27. The van der Waals surface area contributed by atoms with Crippen LogP contribution in [0.25, 0.3) is 10.8 Å². The fourth-order valence-corrected chi connectivity index (χ4v) is 2.83. The highest BCUT2D eigenvalue weighted by atomic mass is 16.5. The number of hydrogen-bond donors (Lipinski definition) is 1. The monoisotopic (exact) mass is 329 g/mol. The minimum absolute atomic E-state index is 0.282. The number of benzene rings is 2. The Hall–Kier alpha value is -2.07. The number of fused-ring (bicyclic) bond motifs is 1. The Morgan fingerprint density at radius 3 is 2.46 bits per heavy atom. The first kappa shape index (κ1) is 18.3. The molecule has 0 aliphatic carbocycles. The number of carboxylic acid groups (broad SMARTS) is 1. The zero-order chi connectivity index (χ0) is 17.9. The van der Waals surface area contributed by atoms with Gasteiger partial charge in [0.05, 0.1) is 5.92 Å². The predicted molar refractivity (Wildman–Crippen MR) is 97.9 cm³/mol. The third-order valence-corrected chi connectivity index (χ3v) is 4.29. The van der Waals surface area contributed by atoms with Crippen LogP contribution in [0, 0.1) is 0 Å². The van der Waals surface area contributed by atoms with E-state index >= 15 is 0 Å². The van der Waals surface area contributed by atoms with Gasteiger partial charge in [0, 0.05) is 6.54 Å². The lowest BCUT2D eigenvalue weighted by atomic mass is 9.98. The van der Waals surface area contributed by atoms with Gasteiger partial charge in [0.1, 0.15) is 11.4 Å². The van der Waals surface area contributed by atoms with E-state index in [9.17, 15) is 4.79 Å². The van der Waals surface area contributed by atoms with Gasteiger partial charge in [-0.15, -0.1) is 0 Å². The Bertz CT molecular complexity index is 724. The number of aliphatic carboxylic acids is 1. The SMILES string of the molecule is CCN(C)CC(C)(C)Oc1ccc2cc([C@H](C)C(=O)O)ccc2c1. The number of likely N-dealkylation sites (N-methyl/N-ethyl adjacent to an activating group) is 1. The van der Waals surface area contributed by atoms with Crippen LogP contribution in [0.2, 0.25) is 0 Å². The molecule has 0 spiro atoms. The highest BCUT2D eigenvalue weighted by Gasteiger charge is 2.22. The van der Waals surface area contributed by atoms with Crippen molar-refractivity contribution in [1.82, 2.24) is 4.90 Å². The second kappa shape index (κ2) is 7.22. The maximum Gasteiger partial charge on any atom is 0.310 e. The number of carbonyl (C=O) groups is 1. The minimum atomic E-state index is -0.809. The van der Waals surface area contributed by atoms with Crippen molar-refractivity contribution >= 4 is 16.7 Å². The third-order valence-electron chi connectivity index (χ3n) is 4.29. The molecule has 4 nitrogen and oxygen atoms in total. The average molecular weight is 329 g/mol. The summed E-state index contributed by atoms with van der Waals surface area (Å²) in [6.45, 7) is 9.82. The normalized spacial score (nSPS) is 13.2. The van der Waals surface area contributed by atoms with Crippen LogP contribution >= 0.6 is 0 Å². The molecule has 24 heavy (non-hydrogen) atoms. The first-order chi connectivity index (χ1) is 11.2. The molecule has 2 aromatic rings. The fraction of sp³-hybridized carbons (Fsp3) is 0.450. The Labute approximate surface area is 144 Å². The van der Waals surface area contributed by atoms with Gasteiger partial charge in [0.2, 0.25) is 0 Å². The van der Waals surface area contributed by atoms with E-state index in [0.29, 0.717) is 0 Å². The number of hydrogen-bond acceptors (Lipinski definition) is 3. The van der Waals surface area contributed by atoms with E-state index in [2.05, 4.69) is 32.7 Å². The molecule has 0 bridgehead atoms. The van der Waals surface area contributed by atoms with Crippen LogP contribution in [0.4, 0.5) is 0 Å². The summed E-state index contributed by atoms with van der Waals surface area (Å²) in [5, 5.41) is 11.2. The fourth-order valence-electron chi connectivity index (χ4n) is 2.83. The lowest BCUT2D eigenvalue weighted by molar-refractivity contribution is -0.138. The van der Waals surface area contributed by atoms with E-state index in [0.717, 1.165) is 35.2 Å². The van der Waals surface area contributed by atoms with Crippen molar-refractivity contribution in [2.75, 3.05) is 20.1 Å². The van der Waals surface area contributed by atoms with E-state index in [1.165, 1.54) is 0 Å². The molecule has 0 aliphatic heterocycles. The van der Waals surface area contributed by atoms with Crippen molar-refractivity contribution in [2.45, 2.75) is 39.2 Å². The average Bonchev–Trinajstić information content (AvgIpc) is 2.52. The molecule has 0 saturated carbocycles. The molecule has 2 rings (SSSR count). The topological polar surface area (TPSA) is 49.8 Å². The maximum absolute atomic E-state index is 11.1. The molecule has 4 heteroatoms. The zero-order valence-corrected chi connectivity index (χ0v) is 15.2. The van der Waals surface area contributed by atoms with E-state index in [4.69, 9.17) is 9.84 Å². The van der Waals surface area contributed by atoms with Crippen LogP contribution in [0.5, 0.6) is 5.75 Å². The van der Waals surface area contributed by atoms with Crippen LogP contribution in [-0.4, -0.2) is 41.7 Å². The minimum Gasteiger partial charge on any atom is -0.487 e. The molecule has 0 aromatic heterocycles. The van der Waals surface area contributed by atoms with E-state index in [1.807, 2.05) is 36.4 Å². The summed E-state index contributed by atoms with van der Waals surface area (Å²) < 4.78 is 6.16. The summed E-state index contributed by atoms with van der Waals surface area (Å²) in [5.41, 5.74) is 0.532. The second-order valence-corrected chi connectivity index (χ2v) is 7.02. The van der Waals surface area contributed by atoms with Gasteiger partial charge in [0.25, 0.3) is 0 Å². The Morgan fingerprint density at radius 2 is 1.83 bits per heavy atom. The lowest BCUT2D eigenvalue weighted by Gasteiger charge is -2.30. The van der Waals surface area contributed by atoms with Gasteiger partial charge in [0.15, 0.2) is 0 Å². The molecule has 1 N–H and O–H groups in total. The van der Waals surface area contributed by atoms with Gasteiger partial charge in [-0.05, 0) is 62.8 Å². The standard InChI is InChI=1S/C20H27NO3/c1-6-21(5)13-20(3,4)24-18-10-9-16-11-15(14(2)19(22)23)7-8-17(16)12-18/h7-12,14H,6,13H2,1-5H3,(H,22,23)/t14-/m0/s1. The molecular weight excluding hydrogens is 302 g/mol. The molecule has 0 amide bonds. The summed E-state index contributed by atoms with van der Waals surface area (Å²) in [5.74, 6) is -0.485. The molecule has 130 valence electrons. The van der Waals surface area contributed by atoms with Gasteiger partial charge < -0.3 is 14.7 Å². The highest BCUT2D eigenvalue weighted by molar-refractivity contribution is 5.86. The first-order valence-electron chi connectivity index (χ1n) is 8.36. The smallest absolute Gasteiger partial charge is 0.310 e. The van der Waals surface area contributed by atoms with Gasteiger partial charge in [-0.2, -0.15) is 0 Å². The molecule has 0 unspecified atom stereocenters. The lowest BCUT2D eigenvalue weighted by Crippen LogP contribution is -2.41. The summed E-state index contributed by atoms with van der Waals surface area (Å²) >= 11 is 0. The van der Waals surface area contributed by atoms with Crippen molar-refractivity contribution in [3.05, 3.63) is 42.0 Å². The third kappa shape index (κ3) is 4.48. The number of rotatable bonds is 7. The number of nitrogens with zero attached hydrogens (tertiary/aromatic N) is 1. The Kier molecular flexibility index (Phi) is 5.50. The van der Waals surface area contributed by atoms with Gasteiger partial charge in [-0.25, -0.2) is 0 Å². The van der Waals surface area contributed by atoms with Crippen LogP contribution in [0.15, 0.2) is 36.4 Å². The van der Waals surface area contributed by atoms with Crippen LogP contribution < -0.4 is 4.74 Å². The Morgan fingerprint density at radius 1 is 1.21 bits per heavy atom. The largest absolute Gasteiger partial charge is 0.487 e. The molecule has 0 fully saturated rings. The quantitative estimate of drug-likeness (QED) is 0.829. The predicted octanol–water partition coefficient (Wildman–Crippen LogP) is 4.14. The number of carboxylic acids is 1. The molecule has 0 aliphatic rings. The van der Waals surface area contributed by atoms with Gasteiger partial charge in [-0.3, -0.25) is 4.79 Å². The van der Waals surface area contributed by atoms with Gasteiger partial charge >= 0.3 is 5.97 Å². The molecule has 0 radical (unpaired) electrons. The van der Waals surface area contributed by atoms with Crippen molar-refractivity contribution in [3.8, 4) is 5.75 Å². The van der Waals surface area contributed by atoms with Crippen LogP contribution in [0.3, 0.4) is 0 Å².